The zero-order valence-corrected chi connectivity index (χ0v) is 12.1. The molecule has 2 aliphatic rings. The molecule has 0 spiro atoms. The molecular weight excluding hydrogens is 272 g/mol. The van der Waals surface area contributed by atoms with Crippen LogP contribution < -0.4 is 0 Å². The van der Waals surface area contributed by atoms with E-state index in [9.17, 15) is 14.7 Å². The third-order valence-electron chi connectivity index (χ3n) is 4.52. The molecule has 7 heteroatoms. The highest BCUT2D eigenvalue weighted by Crippen LogP contribution is 2.26. The molecule has 0 aliphatic carbocycles. The quantitative estimate of drug-likeness (QED) is 0.857. The minimum atomic E-state index is -0.968. The van der Waals surface area contributed by atoms with Gasteiger partial charge in [-0.3, -0.25) is 0 Å². The number of urea groups is 1. The third-order valence-corrected chi connectivity index (χ3v) is 4.52. The minimum absolute atomic E-state index is 0.160. The second-order valence-electron chi connectivity index (χ2n) is 5.69. The van der Waals surface area contributed by atoms with Gasteiger partial charge in [0, 0.05) is 19.0 Å². The van der Waals surface area contributed by atoms with E-state index in [0.29, 0.717) is 0 Å². The molecule has 3 rings (SSSR count). The highest BCUT2D eigenvalue weighted by Gasteiger charge is 2.40. The summed E-state index contributed by atoms with van der Waals surface area (Å²) in [4.78, 5) is 34.7. The van der Waals surface area contributed by atoms with Crippen molar-refractivity contribution in [2.75, 3.05) is 6.54 Å². The lowest BCUT2D eigenvalue weighted by molar-refractivity contribution is -0.143. The van der Waals surface area contributed by atoms with Crippen molar-refractivity contribution in [1.29, 1.82) is 0 Å². The van der Waals surface area contributed by atoms with Gasteiger partial charge in [-0.05, 0) is 19.3 Å². The van der Waals surface area contributed by atoms with Crippen LogP contribution in [0.5, 0.6) is 0 Å². The number of rotatable bonds is 2. The Bertz CT molecular complexity index is 556. The lowest BCUT2D eigenvalue weighted by Crippen LogP contribution is -2.54. The van der Waals surface area contributed by atoms with Crippen molar-refractivity contribution in [3.05, 3.63) is 17.7 Å². The Morgan fingerprint density at radius 1 is 1.48 bits per heavy atom. The molecule has 0 saturated carbocycles. The topological polar surface area (TPSA) is 89.5 Å². The average molecular weight is 292 g/mol. The molecule has 3 heterocycles. The largest absolute Gasteiger partial charge is 0.480 e. The molecule has 2 N–H and O–H groups in total. The number of aliphatic carboxylic acids is 1. The first-order valence-electron chi connectivity index (χ1n) is 7.43. The predicted octanol–water partition coefficient (Wildman–Crippen LogP) is 1.22. The van der Waals surface area contributed by atoms with E-state index in [0.717, 1.165) is 37.2 Å². The number of carboxylic acid groups (broad SMARTS) is 1. The number of amides is 2. The minimum Gasteiger partial charge on any atom is -0.480 e. The summed E-state index contributed by atoms with van der Waals surface area (Å²) in [7, 11) is 0. The third kappa shape index (κ3) is 2.36. The van der Waals surface area contributed by atoms with E-state index >= 15 is 0 Å². The summed E-state index contributed by atoms with van der Waals surface area (Å²) in [6.45, 7) is 3.07. The highest BCUT2D eigenvalue weighted by atomic mass is 16.4. The van der Waals surface area contributed by atoms with Crippen molar-refractivity contribution >= 4 is 12.0 Å². The van der Waals surface area contributed by atoms with Crippen molar-refractivity contribution in [3.8, 4) is 0 Å². The van der Waals surface area contributed by atoms with E-state index in [-0.39, 0.29) is 25.0 Å². The predicted molar refractivity (Wildman–Crippen MR) is 74.7 cm³/mol. The van der Waals surface area contributed by atoms with Crippen LogP contribution in [0.3, 0.4) is 0 Å². The second-order valence-corrected chi connectivity index (χ2v) is 5.69. The average Bonchev–Trinajstić information content (AvgIpc) is 3.12. The number of nitrogens with one attached hydrogen (secondary N) is 1. The summed E-state index contributed by atoms with van der Waals surface area (Å²) in [5.74, 6) is -0.968. The van der Waals surface area contributed by atoms with Crippen molar-refractivity contribution in [1.82, 2.24) is 19.8 Å². The number of fused-ring (bicyclic) bond motifs is 1. The number of carboxylic acids is 1. The number of hydrogen-bond donors (Lipinski definition) is 2. The van der Waals surface area contributed by atoms with Crippen molar-refractivity contribution in [2.24, 2.45) is 0 Å². The number of nitrogens with zero attached hydrogens (tertiary/aromatic N) is 3. The molecule has 0 aromatic carbocycles. The van der Waals surface area contributed by atoms with E-state index in [1.165, 1.54) is 4.90 Å². The van der Waals surface area contributed by atoms with Gasteiger partial charge in [-0.25, -0.2) is 14.6 Å². The molecule has 1 aromatic rings. The van der Waals surface area contributed by atoms with Crippen LogP contribution in [-0.4, -0.2) is 55.5 Å². The highest BCUT2D eigenvalue weighted by molar-refractivity contribution is 5.83. The van der Waals surface area contributed by atoms with E-state index in [1.54, 1.807) is 6.33 Å². The molecule has 0 bridgehead atoms. The first-order valence-corrected chi connectivity index (χ1v) is 7.43. The van der Waals surface area contributed by atoms with Gasteiger partial charge in [0.15, 0.2) is 0 Å². The van der Waals surface area contributed by atoms with Crippen LogP contribution in [-0.2, 0) is 17.8 Å². The Morgan fingerprint density at radius 3 is 3.00 bits per heavy atom. The monoisotopic (exact) mass is 292 g/mol. The first-order chi connectivity index (χ1) is 10.1. The van der Waals surface area contributed by atoms with Gasteiger partial charge in [0.2, 0.25) is 0 Å². The van der Waals surface area contributed by atoms with E-state index in [2.05, 4.69) is 16.9 Å². The van der Waals surface area contributed by atoms with Crippen LogP contribution in [0.15, 0.2) is 6.33 Å². The number of carbonyl (C=O) groups is 2. The van der Waals surface area contributed by atoms with Crippen molar-refractivity contribution < 1.29 is 14.7 Å². The fourth-order valence-electron chi connectivity index (χ4n) is 3.33. The van der Waals surface area contributed by atoms with Crippen LogP contribution in [0.1, 0.15) is 37.6 Å². The molecule has 1 fully saturated rings. The molecule has 7 nitrogen and oxygen atoms in total. The van der Waals surface area contributed by atoms with Gasteiger partial charge >= 0.3 is 12.0 Å². The molecule has 2 unspecified atom stereocenters. The van der Waals surface area contributed by atoms with Crippen LogP contribution in [0.4, 0.5) is 4.79 Å². The molecule has 0 radical (unpaired) electrons. The van der Waals surface area contributed by atoms with Crippen LogP contribution in [0.2, 0.25) is 0 Å². The maximum atomic E-state index is 12.8. The molecular formula is C14H20N4O3. The van der Waals surface area contributed by atoms with Gasteiger partial charge in [-0.15, -0.1) is 0 Å². The Morgan fingerprint density at radius 2 is 2.29 bits per heavy atom. The number of aromatic amines is 1. The lowest BCUT2D eigenvalue weighted by atomic mass is 10.0. The normalized spacial score (nSPS) is 25.0. The molecule has 1 aromatic heterocycles. The zero-order valence-electron chi connectivity index (χ0n) is 12.1. The summed E-state index contributed by atoms with van der Waals surface area (Å²) in [5, 5.41) is 9.44. The zero-order chi connectivity index (χ0) is 15.0. The number of aromatic nitrogens is 2. The van der Waals surface area contributed by atoms with E-state index in [4.69, 9.17) is 0 Å². The summed E-state index contributed by atoms with van der Waals surface area (Å²) in [6, 6.07) is -0.756. The SMILES string of the molecule is CCC1CCCN1C(=O)N1Cc2[nH]cnc2CC1C(=O)O. The van der Waals surface area contributed by atoms with Crippen molar-refractivity contribution in [3.63, 3.8) is 0 Å². The van der Waals surface area contributed by atoms with E-state index < -0.39 is 12.0 Å². The molecule has 21 heavy (non-hydrogen) atoms. The molecule has 2 aliphatic heterocycles. The molecule has 2 amide bonds. The van der Waals surface area contributed by atoms with Crippen LogP contribution in [0, 0.1) is 0 Å². The molecule has 114 valence electrons. The van der Waals surface area contributed by atoms with Crippen LogP contribution in [0.25, 0.3) is 0 Å². The Kier molecular flexibility index (Phi) is 3.57. The summed E-state index contributed by atoms with van der Waals surface area (Å²) in [5.41, 5.74) is 1.59. The summed E-state index contributed by atoms with van der Waals surface area (Å²) < 4.78 is 0. The summed E-state index contributed by atoms with van der Waals surface area (Å²) in [6.07, 6.45) is 4.73. The Labute approximate surface area is 122 Å². The molecule has 2 atom stereocenters. The Hall–Kier alpha value is -2.05. The number of imidazole rings is 1. The smallest absolute Gasteiger partial charge is 0.326 e. The lowest BCUT2D eigenvalue weighted by Gasteiger charge is -2.37. The number of hydrogen-bond acceptors (Lipinski definition) is 3. The van der Waals surface area contributed by atoms with Gasteiger partial charge in [0.25, 0.3) is 0 Å². The standard InChI is InChI=1S/C14H20N4O3/c1-2-9-4-3-5-17(9)14(21)18-7-11-10(15-8-16-11)6-12(18)13(19)20/h8-9,12H,2-7H2,1H3,(H,15,16)(H,19,20). The van der Waals surface area contributed by atoms with Gasteiger partial charge in [0.05, 0.1) is 24.3 Å². The maximum Gasteiger partial charge on any atom is 0.326 e. The van der Waals surface area contributed by atoms with Gasteiger partial charge in [-0.2, -0.15) is 0 Å². The maximum absolute atomic E-state index is 12.8. The van der Waals surface area contributed by atoms with Gasteiger partial charge in [-0.1, -0.05) is 6.92 Å². The fraction of sp³-hybridized carbons (Fsp3) is 0.643. The van der Waals surface area contributed by atoms with Gasteiger partial charge < -0.3 is 19.9 Å². The number of H-pyrrole nitrogens is 1. The molecule has 1 saturated heterocycles. The second kappa shape index (κ2) is 5.38. The first kappa shape index (κ1) is 13.9. The van der Waals surface area contributed by atoms with Crippen LogP contribution >= 0.6 is 0 Å². The summed E-state index contributed by atoms with van der Waals surface area (Å²) >= 11 is 0. The van der Waals surface area contributed by atoms with Gasteiger partial charge in [0.1, 0.15) is 6.04 Å². The Balaban J connectivity index is 1.85. The van der Waals surface area contributed by atoms with Crippen molar-refractivity contribution in [2.45, 2.75) is 51.2 Å². The fourth-order valence-corrected chi connectivity index (χ4v) is 3.33. The number of likely N-dealkylation sites (tertiary alicyclic amines) is 1. The van der Waals surface area contributed by atoms with E-state index in [1.807, 2.05) is 4.90 Å². The number of carbonyl (C=O) groups excluding carboxylic acids is 1.